The third kappa shape index (κ3) is 3.59. The number of carboxylic acid groups (broad SMARTS) is 1. The van der Waals surface area contributed by atoms with Crippen molar-refractivity contribution in [3.05, 3.63) is 33.3 Å². The third-order valence-electron chi connectivity index (χ3n) is 2.36. The van der Waals surface area contributed by atoms with Crippen molar-refractivity contribution in [2.45, 2.75) is 25.8 Å². The maximum atomic E-state index is 11.0. The van der Waals surface area contributed by atoms with Crippen LogP contribution in [0.5, 0.6) is 0 Å². The average molecular weight is 273 g/mol. The van der Waals surface area contributed by atoms with Crippen LogP contribution in [-0.4, -0.2) is 22.0 Å². The van der Waals surface area contributed by atoms with Crippen molar-refractivity contribution in [2.24, 2.45) is 0 Å². The summed E-state index contributed by atoms with van der Waals surface area (Å²) in [6.07, 6.45) is 1.03. The van der Waals surface area contributed by atoms with Crippen LogP contribution in [0.2, 0.25) is 5.02 Å². The van der Waals surface area contributed by atoms with Crippen molar-refractivity contribution < 1.29 is 14.8 Å². The van der Waals surface area contributed by atoms with E-state index in [-0.39, 0.29) is 11.4 Å². The van der Waals surface area contributed by atoms with Crippen LogP contribution in [-0.2, 0) is 4.79 Å². The minimum Gasteiger partial charge on any atom is -0.480 e. The van der Waals surface area contributed by atoms with Crippen molar-refractivity contribution in [3.63, 3.8) is 0 Å². The van der Waals surface area contributed by atoms with Crippen LogP contribution in [0.3, 0.4) is 0 Å². The monoisotopic (exact) mass is 272 g/mol. The van der Waals surface area contributed by atoms with Crippen LogP contribution in [0.1, 0.15) is 19.8 Å². The molecule has 0 aliphatic rings. The summed E-state index contributed by atoms with van der Waals surface area (Å²) in [5, 5.41) is 22.8. The van der Waals surface area contributed by atoms with E-state index in [9.17, 15) is 14.9 Å². The molecule has 2 N–H and O–H groups in total. The lowest BCUT2D eigenvalue weighted by Crippen LogP contribution is -2.29. The Kier molecular flexibility index (Phi) is 4.91. The lowest BCUT2D eigenvalue weighted by Gasteiger charge is -2.15. The van der Waals surface area contributed by atoms with E-state index in [4.69, 9.17) is 16.7 Å². The summed E-state index contributed by atoms with van der Waals surface area (Å²) >= 11 is 5.75. The van der Waals surface area contributed by atoms with Crippen molar-refractivity contribution in [1.82, 2.24) is 0 Å². The fourth-order valence-corrected chi connectivity index (χ4v) is 1.69. The molecule has 1 unspecified atom stereocenters. The number of nitro groups is 1. The molecule has 7 heteroatoms. The van der Waals surface area contributed by atoms with Gasteiger partial charge in [-0.15, -0.1) is 0 Å². The first-order valence-corrected chi connectivity index (χ1v) is 5.76. The number of carbonyl (C=O) groups is 1. The van der Waals surface area contributed by atoms with Gasteiger partial charge in [0.15, 0.2) is 0 Å². The maximum Gasteiger partial charge on any atom is 0.326 e. The number of hydrogen-bond donors (Lipinski definition) is 2. The molecule has 1 atom stereocenters. The van der Waals surface area contributed by atoms with E-state index in [1.807, 2.05) is 6.92 Å². The first kappa shape index (κ1) is 14.2. The summed E-state index contributed by atoms with van der Waals surface area (Å²) < 4.78 is 0. The molecule has 6 nitrogen and oxygen atoms in total. The van der Waals surface area contributed by atoms with E-state index in [0.717, 1.165) is 0 Å². The summed E-state index contributed by atoms with van der Waals surface area (Å²) in [6, 6.07) is 3.12. The average Bonchev–Trinajstić information content (AvgIpc) is 2.28. The van der Waals surface area contributed by atoms with Crippen LogP contribution in [0, 0.1) is 10.1 Å². The molecule has 1 rings (SSSR count). The van der Waals surface area contributed by atoms with Crippen LogP contribution in [0.15, 0.2) is 18.2 Å². The molecule has 0 aromatic heterocycles. The van der Waals surface area contributed by atoms with Crippen LogP contribution < -0.4 is 5.32 Å². The van der Waals surface area contributed by atoms with E-state index in [2.05, 4.69) is 5.32 Å². The zero-order chi connectivity index (χ0) is 13.7. The van der Waals surface area contributed by atoms with Gasteiger partial charge in [-0.05, 0) is 18.6 Å². The van der Waals surface area contributed by atoms with Gasteiger partial charge in [0.25, 0.3) is 5.69 Å². The van der Waals surface area contributed by atoms with Crippen molar-refractivity contribution in [1.29, 1.82) is 0 Å². The summed E-state index contributed by atoms with van der Waals surface area (Å²) in [5.41, 5.74) is -0.0740. The number of anilines is 1. The number of rotatable bonds is 6. The van der Waals surface area contributed by atoms with E-state index in [1.165, 1.54) is 18.2 Å². The van der Waals surface area contributed by atoms with Gasteiger partial charge in [0.1, 0.15) is 11.7 Å². The van der Waals surface area contributed by atoms with Crippen molar-refractivity contribution >= 4 is 28.9 Å². The molecule has 0 fully saturated rings. The van der Waals surface area contributed by atoms with Gasteiger partial charge < -0.3 is 10.4 Å². The number of carboxylic acids is 1. The van der Waals surface area contributed by atoms with E-state index in [0.29, 0.717) is 17.9 Å². The van der Waals surface area contributed by atoms with Crippen molar-refractivity contribution in [3.8, 4) is 0 Å². The Morgan fingerprint density at radius 1 is 1.61 bits per heavy atom. The van der Waals surface area contributed by atoms with Crippen molar-refractivity contribution in [2.75, 3.05) is 5.32 Å². The Morgan fingerprint density at radius 2 is 2.28 bits per heavy atom. The van der Waals surface area contributed by atoms with Crippen LogP contribution in [0.25, 0.3) is 0 Å². The first-order valence-electron chi connectivity index (χ1n) is 5.39. The van der Waals surface area contributed by atoms with Crippen LogP contribution in [0.4, 0.5) is 11.4 Å². The standard InChI is InChI=1S/C11H13ClN2O4/c1-2-3-8(11(15)16)13-9-6-7(12)4-5-10(9)14(17)18/h4-6,8,13H,2-3H2,1H3,(H,15,16). The van der Waals surface area contributed by atoms with Gasteiger partial charge in [-0.25, -0.2) is 4.79 Å². The topological polar surface area (TPSA) is 92.5 Å². The molecule has 0 spiro atoms. The smallest absolute Gasteiger partial charge is 0.326 e. The van der Waals surface area contributed by atoms with Gasteiger partial charge in [-0.3, -0.25) is 10.1 Å². The molecule has 1 aromatic rings. The van der Waals surface area contributed by atoms with Gasteiger partial charge in [-0.2, -0.15) is 0 Å². The highest BCUT2D eigenvalue weighted by Gasteiger charge is 2.21. The molecule has 0 aliphatic carbocycles. The van der Waals surface area contributed by atoms with E-state index < -0.39 is 16.9 Å². The molecule has 0 saturated heterocycles. The summed E-state index contributed by atoms with van der Waals surface area (Å²) in [4.78, 5) is 21.2. The number of aliphatic carboxylic acids is 1. The summed E-state index contributed by atoms with van der Waals surface area (Å²) in [7, 11) is 0. The summed E-state index contributed by atoms with van der Waals surface area (Å²) in [5.74, 6) is -1.05. The number of halogens is 1. The summed E-state index contributed by atoms with van der Waals surface area (Å²) in [6.45, 7) is 1.84. The molecular weight excluding hydrogens is 260 g/mol. The number of hydrogen-bond acceptors (Lipinski definition) is 4. The van der Waals surface area contributed by atoms with Crippen LogP contribution >= 0.6 is 11.6 Å². The van der Waals surface area contributed by atoms with E-state index in [1.54, 1.807) is 0 Å². The van der Waals surface area contributed by atoms with Gasteiger partial charge in [-0.1, -0.05) is 24.9 Å². The second-order valence-corrected chi connectivity index (χ2v) is 4.18. The highest BCUT2D eigenvalue weighted by Crippen LogP contribution is 2.28. The van der Waals surface area contributed by atoms with Gasteiger partial charge >= 0.3 is 5.97 Å². The first-order chi connectivity index (χ1) is 8.45. The number of nitrogens with one attached hydrogen (secondary N) is 1. The number of nitro benzene ring substituents is 1. The Hall–Kier alpha value is -1.82. The zero-order valence-electron chi connectivity index (χ0n) is 9.72. The molecule has 18 heavy (non-hydrogen) atoms. The van der Waals surface area contributed by atoms with Gasteiger partial charge in [0.2, 0.25) is 0 Å². The minimum absolute atomic E-state index is 0.119. The molecule has 0 amide bonds. The minimum atomic E-state index is -1.05. The quantitative estimate of drug-likeness (QED) is 0.613. The lowest BCUT2D eigenvalue weighted by molar-refractivity contribution is -0.384. The molecule has 0 bridgehead atoms. The highest BCUT2D eigenvalue weighted by atomic mass is 35.5. The molecule has 0 radical (unpaired) electrons. The molecule has 98 valence electrons. The molecule has 1 aromatic carbocycles. The third-order valence-corrected chi connectivity index (χ3v) is 2.60. The zero-order valence-corrected chi connectivity index (χ0v) is 10.5. The lowest BCUT2D eigenvalue weighted by atomic mass is 10.1. The number of benzene rings is 1. The Bertz CT molecular complexity index is 464. The number of nitrogens with zero attached hydrogens (tertiary/aromatic N) is 1. The van der Waals surface area contributed by atoms with E-state index >= 15 is 0 Å². The fourth-order valence-electron chi connectivity index (χ4n) is 1.52. The molecular formula is C11H13ClN2O4. The predicted octanol–water partition coefficient (Wildman–Crippen LogP) is 2.91. The second kappa shape index (κ2) is 6.20. The molecule has 0 heterocycles. The Morgan fingerprint density at radius 3 is 2.78 bits per heavy atom. The SMILES string of the molecule is CCCC(Nc1cc(Cl)ccc1[N+](=O)[O-])C(=O)O. The predicted molar refractivity (Wildman–Crippen MR) is 68.1 cm³/mol. The molecule has 0 aliphatic heterocycles. The largest absolute Gasteiger partial charge is 0.480 e. The fraction of sp³-hybridized carbons (Fsp3) is 0.364. The van der Waals surface area contributed by atoms with Gasteiger partial charge in [0.05, 0.1) is 4.92 Å². The van der Waals surface area contributed by atoms with Gasteiger partial charge in [0, 0.05) is 11.1 Å². The second-order valence-electron chi connectivity index (χ2n) is 3.74. The Labute approximate surface area is 109 Å². The Balaban J connectivity index is 3.03. The normalized spacial score (nSPS) is 11.9. The highest BCUT2D eigenvalue weighted by molar-refractivity contribution is 6.31. The maximum absolute atomic E-state index is 11.0. The molecule has 0 saturated carbocycles.